The van der Waals surface area contributed by atoms with Crippen LogP contribution in [0.2, 0.25) is 0 Å². The third-order valence-electron chi connectivity index (χ3n) is 2.93. The van der Waals surface area contributed by atoms with E-state index in [0.717, 1.165) is 11.3 Å². The summed E-state index contributed by atoms with van der Waals surface area (Å²) in [6, 6.07) is 10.3. The smallest absolute Gasteiger partial charge is 0.166 e. The van der Waals surface area contributed by atoms with E-state index in [1.54, 1.807) is 7.11 Å². The molecular formula is C17H19FO3S. The normalized spacial score (nSPS) is 10.8. The minimum Gasteiger partial charge on any atom is -0.507 e. The summed E-state index contributed by atoms with van der Waals surface area (Å²) in [5.41, 5.74) is 1.06. The molecule has 0 amide bonds. The molecule has 0 spiro atoms. The number of aromatic hydroxyl groups is 1. The molecule has 0 atom stereocenters. The fourth-order valence-corrected chi connectivity index (χ4v) is 2.78. The molecule has 0 aromatic heterocycles. The number of benzene rings is 2. The highest BCUT2D eigenvalue weighted by Gasteiger charge is 2.12. The molecule has 0 aliphatic heterocycles. The van der Waals surface area contributed by atoms with E-state index < -0.39 is 5.82 Å². The van der Waals surface area contributed by atoms with Crippen LogP contribution in [0.15, 0.2) is 41.3 Å². The Morgan fingerprint density at radius 3 is 2.45 bits per heavy atom. The lowest BCUT2D eigenvalue weighted by atomic mass is 10.2. The molecular weight excluding hydrogens is 303 g/mol. The van der Waals surface area contributed by atoms with E-state index in [4.69, 9.17) is 9.47 Å². The number of halogens is 1. The highest BCUT2D eigenvalue weighted by atomic mass is 32.2. The van der Waals surface area contributed by atoms with Crippen LogP contribution in [-0.2, 0) is 5.75 Å². The minimum atomic E-state index is -0.469. The Labute approximate surface area is 134 Å². The molecule has 0 unspecified atom stereocenters. The monoisotopic (exact) mass is 322 g/mol. The first kappa shape index (κ1) is 16.5. The molecule has 0 aliphatic carbocycles. The van der Waals surface area contributed by atoms with Crippen LogP contribution in [0, 0.1) is 5.82 Å². The number of rotatable bonds is 6. The Kier molecular flexibility index (Phi) is 5.55. The Balaban J connectivity index is 2.07. The second kappa shape index (κ2) is 7.40. The molecule has 0 radical (unpaired) electrons. The average Bonchev–Trinajstić information content (AvgIpc) is 2.49. The summed E-state index contributed by atoms with van der Waals surface area (Å²) in [6.45, 7) is 3.62. The van der Waals surface area contributed by atoms with Crippen LogP contribution in [-0.4, -0.2) is 18.3 Å². The van der Waals surface area contributed by atoms with Gasteiger partial charge in [0, 0.05) is 11.8 Å². The van der Waals surface area contributed by atoms with Gasteiger partial charge in [0.1, 0.15) is 11.5 Å². The van der Waals surface area contributed by atoms with Crippen LogP contribution in [0.1, 0.15) is 19.4 Å². The van der Waals surface area contributed by atoms with Crippen LogP contribution in [0.5, 0.6) is 17.2 Å². The molecule has 0 fully saturated rings. The predicted octanol–water partition coefficient (Wildman–Crippen LogP) is 4.62. The van der Waals surface area contributed by atoms with Gasteiger partial charge < -0.3 is 14.6 Å². The molecule has 5 heteroatoms. The van der Waals surface area contributed by atoms with E-state index in [1.165, 1.54) is 23.9 Å². The van der Waals surface area contributed by atoms with Crippen molar-refractivity contribution in [3.63, 3.8) is 0 Å². The summed E-state index contributed by atoms with van der Waals surface area (Å²) in [4.78, 5) is 0.490. The van der Waals surface area contributed by atoms with E-state index >= 15 is 0 Å². The van der Waals surface area contributed by atoms with Gasteiger partial charge in [-0.05, 0) is 37.6 Å². The van der Waals surface area contributed by atoms with Gasteiger partial charge in [-0.2, -0.15) is 0 Å². The SMILES string of the molecule is COc1ccc(CSc2cc(F)c(OC(C)C)cc2O)cc1. The molecule has 0 bridgehead atoms. The topological polar surface area (TPSA) is 38.7 Å². The maximum Gasteiger partial charge on any atom is 0.166 e. The molecule has 0 saturated heterocycles. The number of phenolic OH excluding ortho intramolecular Hbond substituents is 1. The number of thioether (sulfide) groups is 1. The van der Waals surface area contributed by atoms with E-state index in [2.05, 4.69) is 0 Å². The lowest BCUT2D eigenvalue weighted by molar-refractivity contribution is 0.229. The summed E-state index contributed by atoms with van der Waals surface area (Å²) in [5.74, 6) is 1.04. The number of hydrogen-bond acceptors (Lipinski definition) is 4. The first-order valence-corrected chi connectivity index (χ1v) is 7.93. The zero-order valence-corrected chi connectivity index (χ0v) is 13.6. The standard InChI is InChI=1S/C17H19FO3S/c1-11(2)21-16-9-15(19)17(8-14(16)18)22-10-12-4-6-13(20-3)7-5-12/h4-9,11,19H,10H2,1-3H3. The maximum atomic E-state index is 13.9. The first-order chi connectivity index (χ1) is 10.5. The maximum absolute atomic E-state index is 13.9. The summed E-state index contributed by atoms with van der Waals surface area (Å²) in [6.07, 6.45) is -0.147. The number of phenols is 1. The van der Waals surface area contributed by atoms with Gasteiger partial charge in [-0.1, -0.05) is 12.1 Å². The van der Waals surface area contributed by atoms with Gasteiger partial charge in [0.2, 0.25) is 0 Å². The Morgan fingerprint density at radius 1 is 1.18 bits per heavy atom. The zero-order chi connectivity index (χ0) is 16.1. The van der Waals surface area contributed by atoms with Crippen molar-refractivity contribution >= 4 is 11.8 Å². The van der Waals surface area contributed by atoms with Crippen LogP contribution in [0.3, 0.4) is 0 Å². The molecule has 0 heterocycles. The van der Waals surface area contributed by atoms with Gasteiger partial charge in [0.05, 0.1) is 18.1 Å². The lowest BCUT2D eigenvalue weighted by Crippen LogP contribution is -2.06. The van der Waals surface area contributed by atoms with E-state index in [1.807, 2.05) is 38.1 Å². The van der Waals surface area contributed by atoms with Crippen LogP contribution in [0.4, 0.5) is 4.39 Å². The van der Waals surface area contributed by atoms with Crippen molar-refractivity contribution in [2.75, 3.05) is 7.11 Å². The lowest BCUT2D eigenvalue weighted by Gasteiger charge is -2.13. The Bertz CT molecular complexity index is 627. The molecule has 2 aromatic rings. The molecule has 2 rings (SSSR count). The van der Waals surface area contributed by atoms with Crippen LogP contribution >= 0.6 is 11.8 Å². The fourth-order valence-electron chi connectivity index (χ4n) is 1.87. The zero-order valence-electron chi connectivity index (χ0n) is 12.8. The summed E-state index contributed by atoms with van der Waals surface area (Å²) >= 11 is 1.37. The average molecular weight is 322 g/mol. The molecule has 22 heavy (non-hydrogen) atoms. The number of methoxy groups -OCH3 is 1. The van der Waals surface area contributed by atoms with Gasteiger partial charge >= 0.3 is 0 Å². The van der Waals surface area contributed by atoms with E-state index in [-0.39, 0.29) is 17.6 Å². The first-order valence-electron chi connectivity index (χ1n) is 6.94. The Morgan fingerprint density at radius 2 is 1.86 bits per heavy atom. The van der Waals surface area contributed by atoms with E-state index in [9.17, 15) is 9.50 Å². The van der Waals surface area contributed by atoms with Crippen molar-refractivity contribution in [1.29, 1.82) is 0 Å². The molecule has 0 aliphatic rings. The fraction of sp³-hybridized carbons (Fsp3) is 0.294. The molecule has 118 valence electrons. The second-order valence-corrected chi connectivity index (χ2v) is 6.07. The minimum absolute atomic E-state index is 0.0237. The molecule has 0 saturated carbocycles. The predicted molar refractivity (Wildman–Crippen MR) is 86.4 cm³/mol. The number of ether oxygens (including phenoxy) is 2. The van der Waals surface area contributed by atoms with Crippen molar-refractivity contribution in [1.82, 2.24) is 0 Å². The summed E-state index contributed by atoms with van der Waals surface area (Å²) in [5, 5.41) is 10.0. The van der Waals surface area contributed by atoms with Crippen molar-refractivity contribution in [2.45, 2.75) is 30.6 Å². The molecule has 1 N–H and O–H groups in total. The summed E-state index contributed by atoms with van der Waals surface area (Å²) < 4.78 is 24.4. The van der Waals surface area contributed by atoms with E-state index in [0.29, 0.717) is 10.6 Å². The van der Waals surface area contributed by atoms with Crippen molar-refractivity contribution < 1.29 is 19.0 Å². The van der Waals surface area contributed by atoms with Gasteiger partial charge in [0.25, 0.3) is 0 Å². The van der Waals surface area contributed by atoms with Crippen molar-refractivity contribution in [2.24, 2.45) is 0 Å². The van der Waals surface area contributed by atoms with Crippen LogP contribution in [0.25, 0.3) is 0 Å². The third-order valence-corrected chi connectivity index (χ3v) is 4.05. The quantitative estimate of drug-likeness (QED) is 0.788. The number of hydrogen-bond donors (Lipinski definition) is 1. The Hall–Kier alpha value is -1.88. The van der Waals surface area contributed by atoms with Crippen LogP contribution < -0.4 is 9.47 Å². The highest BCUT2D eigenvalue weighted by molar-refractivity contribution is 7.98. The van der Waals surface area contributed by atoms with Crippen molar-refractivity contribution in [3.8, 4) is 17.2 Å². The van der Waals surface area contributed by atoms with Gasteiger partial charge in [-0.25, -0.2) is 4.39 Å². The molecule has 2 aromatic carbocycles. The highest BCUT2D eigenvalue weighted by Crippen LogP contribution is 2.36. The largest absolute Gasteiger partial charge is 0.507 e. The van der Waals surface area contributed by atoms with Gasteiger partial charge in [-0.15, -0.1) is 11.8 Å². The van der Waals surface area contributed by atoms with Gasteiger partial charge in [0.15, 0.2) is 11.6 Å². The molecule has 3 nitrogen and oxygen atoms in total. The van der Waals surface area contributed by atoms with Gasteiger partial charge in [-0.3, -0.25) is 0 Å². The summed E-state index contributed by atoms with van der Waals surface area (Å²) in [7, 11) is 1.62. The van der Waals surface area contributed by atoms with Crippen molar-refractivity contribution in [3.05, 3.63) is 47.8 Å². The third kappa shape index (κ3) is 4.31. The second-order valence-electron chi connectivity index (χ2n) is 5.05.